The SMILES string of the molecule is CN(CCOc1ccc(F)cc1)Cc1c(-c2ccccc2)nc2sccn12. The molecule has 4 rings (SSSR count). The number of rotatable bonds is 7. The van der Waals surface area contributed by atoms with Gasteiger partial charge in [-0.15, -0.1) is 11.3 Å². The summed E-state index contributed by atoms with van der Waals surface area (Å²) in [4.78, 5) is 8.03. The molecule has 6 heteroatoms. The molecule has 4 aromatic rings. The van der Waals surface area contributed by atoms with Crippen LogP contribution in [0.1, 0.15) is 5.69 Å². The van der Waals surface area contributed by atoms with Crippen LogP contribution in [0.5, 0.6) is 5.75 Å². The van der Waals surface area contributed by atoms with E-state index in [9.17, 15) is 4.39 Å². The standard InChI is InChI=1S/C21H20FN3OS/c1-24(11-13-26-18-9-7-17(22)8-10-18)15-19-20(16-5-3-2-4-6-16)23-21-25(19)12-14-27-21/h2-10,12,14H,11,13,15H2,1H3. The quantitative estimate of drug-likeness (QED) is 0.464. The summed E-state index contributed by atoms with van der Waals surface area (Å²) in [6.07, 6.45) is 2.07. The second-order valence-corrected chi connectivity index (χ2v) is 7.24. The first-order chi connectivity index (χ1) is 13.2. The van der Waals surface area contributed by atoms with E-state index in [1.165, 1.54) is 17.8 Å². The van der Waals surface area contributed by atoms with Crippen LogP contribution in [0.2, 0.25) is 0 Å². The van der Waals surface area contributed by atoms with Crippen molar-refractivity contribution < 1.29 is 9.13 Å². The lowest BCUT2D eigenvalue weighted by Crippen LogP contribution is -2.24. The van der Waals surface area contributed by atoms with Crippen LogP contribution in [0.3, 0.4) is 0 Å². The molecule has 27 heavy (non-hydrogen) atoms. The molecule has 0 unspecified atom stereocenters. The molecule has 0 aliphatic heterocycles. The molecule has 0 saturated heterocycles. The first kappa shape index (κ1) is 17.7. The number of nitrogens with zero attached hydrogens (tertiary/aromatic N) is 3. The topological polar surface area (TPSA) is 29.8 Å². The molecule has 0 N–H and O–H groups in total. The number of halogens is 1. The average Bonchev–Trinajstić information content (AvgIpc) is 3.27. The number of ether oxygens (including phenoxy) is 1. The van der Waals surface area contributed by atoms with Gasteiger partial charge in [-0.05, 0) is 31.3 Å². The van der Waals surface area contributed by atoms with E-state index in [2.05, 4.69) is 40.1 Å². The summed E-state index contributed by atoms with van der Waals surface area (Å²) in [7, 11) is 2.06. The van der Waals surface area contributed by atoms with Gasteiger partial charge in [-0.1, -0.05) is 30.3 Å². The van der Waals surface area contributed by atoms with Gasteiger partial charge in [-0.25, -0.2) is 9.37 Å². The lowest BCUT2D eigenvalue weighted by atomic mass is 10.1. The van der Waals surface area contributed by atoms with Crippen molar-refractivity contribution in [2.45, 2.75) is 6.54 Å². The van der Waals surface area contributed by atoms with Crippen molar-refractivity contribution in [2.75, 3.05) is 20.2 Å². The molecular weight excluding hydrogens is 361 g/mol. The molecule has 4 nitrogen and oxygen atoms in total. The van der Waals surface area contributed by atoms with Gasteiger partial charge >= 0.3 is 0 Å². The predicted octanol–water partition coefficient (Wildman–Crippen LogP) is 4.71. The van der Waals surface area contributed by atoms with Gasteiger partial charge in [-0.3, -0.25) is 9.30 Å². The van der Waals surface area contributed by atoms with Gasteiger partial charge in [0.2, 0.25) is 0 Å². The number of hydrogen-bond acceptors (Lipinski definition) is 4. The molecule has 0 spiro atoms. The Hall–Kier alpha value is -2.70. The fraction of sp³-hybridized carbons (Fsp3) is 0.190. The van der Waals surface area contributed by atoms with Crippen LogP contribution in [-0.2, 0) is 6.54 Å². The maximum atomic E-state index is 13.0. The number of benzene rings is 2. The maximum absolute atomic E-state index is 13.0. The third kappa shape index (κ3) is 4.02. The minimum Gasteiger partial charge on any atom is -0.492 e. The second-order valence-electron chi connectivity index (χ2n) is 6.37. The van der Waals surface area contributed by atoms with E-state index < -0.39 is 0 Å². The monoisotopic (exact) mass is 381 g/mol. The molecule has 0 atom stereocenters. The van der Waals surface area contributed by atoms with Crippen molar-refractivity contribution in [3.63, 3.8) is 0 Å². The zero-order valence-electron chi connectivity index (χ0n) is 15.0. The van der Waals surface area contributed by atoms with E-state index in [0.717, 1.165) is 29.3 Å². The highest BCUT2D eigenvalue weighted by atomic mass is 32.1. The lowest BCUT2D eigenvalue weighted by molar-refractivity contribution is 0.231. The Bertz CT molecular complexity index is 1010. The Labute approximate surface area is 161 Å². The molecular formula is C21H20FN3OS. The van der Waals surface area contributed by atoms with Gasteiger partial charge in [0.15, 0.2) is 4.96 Å². The highest BCUT2D eigenvalue weighted by molar-refractivity contribution is 7.15. The Morgan fingerprint density at radius 1 is 1.11 bits per heavy atom. The molecule has 0 amide bonds. The van der Waals surface area contributed by atoms with Crippen LogP contribution in [-0.4, -0.2) is 34.5 Å². The largest absolute Gasteiger partial charge is 0.492 e. The highest BCUT2D eigenvalue weighted by Crippen LogP contribution is 2.27. The lowest BCUT2D eigenvalue weighted by Gasteiger charge is -2.17. The second kappa shape index (κ2) is 7.90. The molecule has 2 aromatic heterocycles. The number of likely N-dealkylation sites (N-methyl/N-ethyl adjacent to an activating group) is 1. The minimum atomic E-state index is -0.256. The molecule has 0 aliphatic rings. The van der Waals surface area contributed by atoms with Crippen molar-refractivity contribution in [1.82, 2.24) is 14.3 Å². The average molecular weight is 381 g/mol. The van der Waals surface area contributed by atoms with Crippen LogP contribution in [0.15, 0.2) is 66.2 Å². The Morgan fingerprint density at radius 2 is 1.89 bits per heavy atom. The molecule has 0 aliphatic carbocycles. The van der Waals surface area contributed by atoms with E-state index >= 15 is 0 Å². The summed E-state index contributed by atoms with van der Waals surface area (Å²) in [6, 6.07) is 16.4. The van der Waals surface area contributed by atoms with Gasteiger partial charge in [-0.2, -0.15) is 0 Å². The van der Waals surface area contributed by atoms with Crippen LogP contribution in [0.4, 0.5) is 4.39 Å². The van der Waals surface area contributed by atoms with Gasteiger partial charge < -0.3 is 4.74 Å². The number of imidazole rings is 1. The molecule has 138 valence electrons. The summed E-state index contributed by atoms with van der Waals surface area (Å²) < 4.78 is 20.8. The normalized spacial score (nSPS) is 11.4. The summed E-state index contributed by atoms with van der Waals surface area (Å²) in [5, 5.41) is 2.05. The zero-order valence-corrected chi connectivity index (χ0v) is 15.8. The van der Waals surface area contributed by atoms with Gasteiger partial charge in [0, 0.05) is 30.2 Å². The Balaban J connectivity index is 1.46. The number of fused-ring (bicyclic) bond motifs is 1. The van der Waals surface area contributed by atoms with Crippen LogP contribution < -0.4 is 4.74 Å². The maximum Gasteiger partial charge on any atom is 0.194 e. The molecule has 2 aromatic carbocycles. The van der Waals surface area contributed by atoms with E-state index in [-0.39, 0.29) is 5.82 Å². The van der Waals surface area contributed by atoms with E-state index in [1.54, 1.807) is 23.5 Å². The van der Waals surface area contributed by atoms with Crippen LogP contribution in [0, 0.1) is 5.82 Å². The third-order valence-electron chi connectivity index (χ3n) is 4.38. The van der Waals surface area contributed by atoms with Crippen molar-refractivity contribution in [3.05, 3.63) is 77.7 Å². The van der Waals surface area contributed by atoms with Gasteiger partial charge in [0.05, 0.1) is 11.4 Å². The third-order valence-corrected chi connectivity index (χ3v) is 5.14. The van der Waals surface area contributed by atoms with Gasteiger partial charge in [0.1, 0.15) is 18.2 Å². The smallest absolute Gasteiger partial charge is 0.194 e. The number of hydrogen-bond donors (Lipinski definition) is 0. The van der Waals surface area contributed by atoms with E-state index in [4.69, 9.17) is 9.72 Å². The molecule has 0 bridgehead atoms. The Kier molecular flexibility index (Phi) is 5.18. The van der Waals surface area contributed by atoms with Crippen molar-refractivity contribution in [2.24, 2.45) is 0 Å². The van der Waals surface area contributed by atoms with Crippen LogP contribution in [0.25, 0.3) is 16.2 Å². The highest BCUT2D eigenvalue weighted by Gasteiger charge is 2.16. The van der Waals surface area contributed by atoms with E-state index in [0.29, 0.717) is 12.4 Å². The fourth-order valence-electron chi connectivity index (χ4n) is 3.00. The summed E-state index contributed by atoms with van der Waals surface area (Å²) >= 11 is 1.64. The van der Waals surface area contributed by atoms with Crippen LogP contribution >= 0.6 is 11.3 Å². The van der Waals surface area contributed by atoms with Crippen molar-refractivity contribution in [1.29, 1.82) is 0 Å². The Morgan fingerprint density at radius 3 is 2.67 bits per heavy atom. The van der Waals surface area contributed by atoms with Crippen molar-refractivity contribution >= 4 is 16.3 Å². The minimum absolute atomic E-state index is 0.256. The molecule has 0 radical (unpaired) electrons. The van der Waals surface area contributed by atoms with Gasteiger partial charge in [0.25, 0.3) is 0 Å². The molecule has 0 saturated carbocycles. The fourth-order valence-corrected chi connectivity index (χ4v) is 3.73. The number of aromatic nitrogens is 2. The summed E-state index contributed by atoms with van der Waals surface area (Å²) in [5.41, 5.74) is 3.31. The summed E-state index contributed by atoms with van der Waals surface area (Å²) in [5.74, 6) is 0.424. The zero-order chi connectivity index (χ0) is 18.6. The first-order valence-corrected chi connectivity index (χ1v) is 9.65. The number of thiazole rings is 1. The first-order valence-electron chi connectivity index (χ1n) is 8.77. The molecule has 2 heterocycles. The van der Waals surface area contributed by atoms with Crippen molar-refractivity contribution in [3.8, 4) is 17.0 Å². The summed E-state index contributed by atoms with van der Waals surface area (Å²) in [6.45, 7) is 2.05. The molecule has 0 fully saturated rings. The van der Waals surface area contributed by atoms with E-state index in [1.807, 2.05) is 18.2 Å². The predicted molar refractivity (Wildman–Crippen MR) is 107 cm³/mol.